The van der Waals surface area contributed by atoms with Crippen LogP contribution in [0.2, 0.25) is 0 Å². The van der Waals surface area contributed by atoms with E-state index in [0.717, 1.165) is 5.56 Å². The lowest BCUT2D eigenvalue weighted by atomic mass is 10.2. The minimum absolute atomic E-state index is 0.0830. The molecule has 5 heteroatoms. The summed E-state index contributed by atoms with van der Waals surface area (Å²) in [6, 6.07) is 12.8. The summed E-state index contributed by atoms with van der Waals surface area (Å²) in [5.41, 5.74) is 1.51. The summed E-state index contributed by atoms with van der Waals surface area (Å²) >= 11 is 6.40. The van der Waals surface area contributed by atoms with Gasteiger partial charge in [-0.3, -0.25) is 4.79 Å². The third kappa shape index (κ3) is 3.58. The molecule has 1 amide bonds. The number of carbonyl (C=O) groups excluding carboxylic acids is 1. The molecule has 0 heterocycles. The SMILES string of the molecule is O=C(NCc1ccccc1)c1cc(Br)c(O)c(Br)c1. The second-order valence-electron chi connectivity index (χ2n) is 3.96. The molecule has 0 saturated heterocycles. The molecule has 19 heavy (non-hydrogen) atoms. The molecule has 0 aliphatic rings. The van der Waals surface area contributed by atoms with Crippen molar-refractivity contribution >= 4 is 37.8 Å². The summed E-state index contributed by atoms with van der Waals surface area (Å²) in [6.07, 6.45) is 0. The number of phenolic OH excluding ortho intramolecular Hbond substituents is 1. The molecule has 98 valence electrons. The Morgan fingerprint density at radius 3 is 2.26 bits per heavy atom. The number of halogens is 2. The van der Waals surface area contributed by atoms with Crippen LogP contribution >= 0.6 is 31.9 Å². The number of aromatic hydroxyl groups is 1. The monoisotopic (exact) mass is 383 g/mol. The summed E-state index contributed by atoms with van der Waals surface area (Å²) in [4.78, 5) is 12.0. The smallest absolute Gasteiger partial charge is 0.251 e. The average molecular weight is 385 g/mol. The van der Waals surface area contributed by atoms with Gasteiger partial charge in [-0.1, -0.05) is 30.3 Å². The van der Waals surface area contributed by atoms with Crippen LogP contribution in [-0.4, -0.2) is 11.0 Å². The summed E-state index contributed by atoms with van der Waals surface area (Å²) < 4.78 is 0.957. The number of nitrogens with one attached hydrogen (secondary N) is 1. The number of hydrogen-bond donors (Lipinski definition) is 2. The van der Waals surface area contributed by atoms with E-state index in [2.05, 4.69) is 37.2 Å². The van der Waals surface area contributed by atoms with Crippen molar-refractivity contribution in [2.24, 2.45) is 0 Å². The molecular formula is C14H11Br2NO2. The minimum atomic E-state index is -0.190. The van der Waals surface area contributed by atoms with Crippen LogP contribution in [0.5, 0.6) is 5.75 Å². The first-order chi connectivity index (χ1) is 9.08. The Hall–Kier alpha value is -1.33. The largest absolute Gasteiger partial charge is 0.506 e. The highest BCUT2D eigenvalue weighted by Crippen LogP contribution is 2.33. The Bertz CT molecular complexity index is 577. The molecule has 2 aromatic carbocycles. The van der Waals surface area contributed by atoms with Gasteiger partial charge in [-0.15, -0.1) is 0 Å². The molecule has 0 spiro atoms. The van der Waals surface area contributed by atoms with E-state index in [1.807, 2.05) is 30.3 Å². The first kappa shape index (κ1) is 14.1. The van der Waals surface area contributed by atoms with Crippen molar-refractivity contribution < 1.29 is 9.90 Å². The van der Waals surface area contributed by atoms with Gasteiger partial charge in [0.05, 0.1) is 8.95 Å². The normalized spacial score (nSPS) is 10.2. The van der Waals surface area contributed by atoms with Gasteiger partial charge in [-0.25, -0.2) is 0 Å². The predicted octanol–water partition coefficient (Wildman–Crippen LogP) is 3.85. The topological polar surface area (TPSA) is 49.3 Å². The van der Waals surface area contributed by atoms with Gasteiger partial charge in [0, 0.05) is 12.1 Å². The maximum absolute atomic E-state index is 12.0. The molecule has 0 fully saturated rings. The Morgan fingerprint density at radius 2 is 1.68 bits per heavy atom. The van der Waals surface area contributed by atoms with E-state index in [-0.39, 0.29) is 11.7 Å². The molecule has 0 saturated carbocycles. The molecular weight excluding hydrogens is 374 g/mol. The first-order valence-corrected chi connectivity index (χ1v) is 7.16. The van der Waals surface area contributed by atoms with Crippen molar-refractivity contribution in [2.45, 2.75) is 6.54 Å². The van der Waals surface area contributed by atoms with Gasteiger partial charge in [0.2, 0.25) is 0 Å². The highest BCUT2D eigenvalue weighted by molar-refractivity contribution is 9.11. The van der Waals surface area contributed by atoms with Crippen molar-refractivity contribution in [1.29, 1.82) is 0 Å². The number of hydrogen-bond acceptors (Lipinski definition) is 2. The molecule has 0 aromatic heterocycles. The van der Waals surface area contributed by atoms with Crippen LogP contribution in [0.3, 0.4) is 0 Å². The zero-order valence-corrected chi connectivity index (χ0v) is 13.0. The quantitative estimate of drug-likeness (QED) is 0.844. The van der Waals surface area contributed by atoms with Crippen LogP contribution in [0.4, 0.5) is 0 Å². The van der Waals surface area contributed by atoms with E-state index < -0.39 is 0 Å². The van der Waals surface area contributed by atoms with Crippen molar-refractivity contribution in [3.63, 3.8) is 0 Å². The van der Waals surface area contributed by atoms with E-state index in [0.29, 0.717) is 21.1 Å². The zero-order chi connectivity index (χ0) is 13.8. The first-order valence-electron chi connectivity index (χ1n) is 5.58. The van der Waals surface area contributed by atoms with E-state index in [4.69, 9.17) is 0 Å². The number of benzene rings is 2. The van der Waals surface area contributed by atoms with Gasteiger partial charge in [-0.2, -0.15) is 0 Å². The summed E-state index contributed by atoms with van der Waals surface area (Å²) in [6.45, 7) is 0.468. The van der Waals surface area contributed by atoms with Crippen LogP contribution in [0, 0.1) is 0 Å². The summed E-state index contributed by atoms with van der Waals surface area (Å²) in [7, 11) is 0. The third-order valence-corrected chi connectivity index (χ3v) is 3.78. The van der Waals surface area contributed by atoms with E-state index in [1.54, 1.807) is 12.1 Å². The molecule has 0 radical (unpaired) electrons. The highest BCUT2D eigenvalue weighted by atomic mass is 79.9. The maximum atomic E-state index is 12.0. The molecule has 0 aliphatic heterocycles. The van der Waals surface area contributed by atoms with Crippen molar-refractivity contribution in [2.75, 3.05) is 0 Å². The van der Waals surface area contributed by atoms with Crippen LogP contribution in [0.15, 0.2) is 51.4 Å². The Morgan fingerprint density at radius 1 is 1.11 bits per heavy atom. The molecule has 2 rings (SSSR count). The second kappa shape index (κ2) is 6.21. The average Bonchev–Trinajstić information content (AvgIpc) is 2.42. The Labute approximate surface area is 127 Å². The number of phenols is 1. The standard InChI is InChI=1S/C14H11Br2NO2/c15-11-6-10(7-12(16)13(11)18)14(19)17-8-9-4-2-1-3-5-9/h1-7,18H,8H2,(H,17,19). The molecule has 0 aliphatic carbocycles. The van der Waals surface area contributed by atoms with Gasteiger partial charge in [0.1, 0.15) is 5.75 Å². The molecule has 2 N–H and O–H groups in total. The number of carbonyl (C=O) groups is 1. The van der Waals surface area contributed by atoms with Crippen LogP contribution in [0.25, 0.3) is 0 Å². The molecule has 2 aromatic rings. The number of amides is 1. The van der Waals surface area contributed by atoms with Crippen molar-refractivity contribution in [3.8, 4) is 5.75 Å². The Balaban J connectivity index is 2.08. The molecule has 3 nitrogen and oxygen atoms in total. The van der Waals surface area contributed by atoms with Crippen LogP contribution in [-0.2, 0) is 6.54 Å². The zero-order valence-electron chi connectivity index (χ0n) is 9.86. The lowest BCUT2D eigenvalue weighted by molar-refractivity contribution is 0.0951. The molecule has 0 unspecified atom stereocenters. The lowest BCUT2D eigenvalue weighted by Crippen LogP contribution is -2.22. The fourth-order valence-corrected chi connectivity index (χ4v) is 2.76. The Kier molecular flexibility index (Phi) is 4.61. The van der Waals surface area contributed by atoms with Gasteiger partial charge in [0.15, 0.2) is 0 Å². The van der Waals surface area contributed by atoms with Crippen LogP contribution < -0.4 is 5.32 Å². The van der Waals surface area contributed by atoms with Gasteiger partial charge in [-0.05, 0) is 49.6 Å². The summed E-state index contributed by atoms with van der Waals surface area (Å²) in [5, 5.41) is 12.4. The maximum Gasteiger partial charge on any atom is 0.251 e. The number of rotatable bonds is 3. The fourth-order valence-electron chi connectivity index (χ4n) is 1.58. The van der Waals surface area contributed by atoms with Gasteiger partial charge >= 0.3 is 0 Å². The molecule has 0 bridgehead atoms. The fraction of sp³-hybridized carbons (Fsp3) is 0.0714. The van der Waals surface area contributed by atoms with E-state index >= 15 is 0 Å². The summed E-state index contributed by atoms with van der Waals surface area (Å²) in [5.74, 6) is -0.107. The third-order valence-electron chi connectivity index (χ3n) is 2.57. The van der Waals surface area contributed by atoms with E-state index in [1.165, 1.54) is 0 Å². The highest BCUT2D eigenvalue weighted by Gasteiger charge is 2.11. The van der Waals surface area contributed by atoms with Gasteiger partial charge in [0.25, 0.3) is 5.91 Å². The van der Waals surface area contributed by atoms with Crippen molar-refractivity contribution in [1.82, 2.24) is 5.32 Å². The predicted molar refractivity (Wildman–Crippen MR) is 81.1 cm³/mol. The van der Waals surface area contributed by atoms with Crippen molar-refractivity contribution in [3.05, 3.63) is 62.5 Å². The van der Waals surface area contributed by atoms with E-state index in [9.17, 15) is 9.90 Å². The minimum Gasteiger partial charge on any atom is -0.506 e. The second-order valence-corrected chi connectivity index (χ2v) is 5.67. The van der Waals surface area contributed by atoms with Crippen LogP contribution in [0.1, 0.15) is 15.9 Å². The van der Waals surface area contributed by atoms with Gasteiger partial charge < -0.3 is 10.4 Å². The lowest BCUT2D eigenvalue weighted by Gasteiger charge is -2.07. The molecule has 0 atom stereocenters.